The smallest absolute Gasteiger partial charge is 0.857 e. The second-order valence-corrected chi connectivity index (χ2v) is 0. The maximum atomic E-state index is 8.25. The average molecular weight is 92.0 g/mol. The molecule has 0 spiro atoms. The average Bonchev–Trinajstić information content (AvgIpc) is 1.50. The third-order valence-corrected chi connectivity index (χ3v) is 0. The summed E-state index contributed by atoms with van der Waals surface area (Å²) < 4.78 is 0. The van der Waals surface area contributed by atoms with Crippen molar-refractivity contribution in [2.75, 3.05) is 14.2 Å². The Morgan fingerprint density at radius 1 is 0.833 bits per heavy atom. The first-order valence-corrected chi connectivity index (χ1v) is 0.816. The Labute approximate surface area is 72.4 Å². The van der Waals surface area contributed by atoms with Crippen LogP contribution in [0.1, 0.15) is 0 Å². The molecule has 0 aliphatic carbocycles. The molecule has 4 heteroatoms. The van der Waals surface area contributed by atoms with Gasteiger partial charge in [-0.15, -0.1) is 0 Å². The molecular weight excluding hydrogens is 86.0 g/mol. The zero-order valence-electron chi connectivity index (χ0n) is 4.82. The number of hydrogen-bond acceptors (Lipinski definition) is 2. The maximum absolute atomic E-state index is 8.25. The SMILES string of the molecule is C[O-].C[O-].[Li+].[Na+]. The van der Waals surface area contributed by atoms with E-state index in [2.05, 4.69) is 0 Å². The van der Waals surface area contributed by atoms with Gasteiger partial charge in [0.25, 0.3) is 0 Å². The van der Waals surface area contributed by atoms with Gasteiger partial charge in [0.2, 0.25) is 0 Å². The standard InChI is InChI=1S/2CH3O.Li.Na/c2*1-2;;/h2*1H3;;/q2*-1;2*+1. The van der Waals surface area contributed by atoms with Gasteiger partial charge in [0.15, 0.2) is 0 Å². The second-order valence-electron chi connectivity index (χ2n) is 0. The molecule has 0 saturated heterocycles. The van der Waals surface area contributed by atoms with Crippen molar-refractivity contribution in [2.45, 2.75) is 0 Å². The van der Waals surface area contributed by atoms with Crippen molar-refractivity contribution >= 4 is 0 Å². The zero-order chi connectivity index (χ0) is 4.00. The van der Waals surface area contributed by atoms with E-state index in [0.29, 0.717) is 0 Å². The van der Waals surface area contributed by atoms with Gasteiger partial charge < -0.3 is 10.2 Å². The van der Waals surface area contributed by atoms with E-state index < -0.39 is 0 Å². The van der Waals surface area contributed by atoms with Crippen LogP contribution in [0.2, 0.25) is 0 Å². The Kier molecular flexibility index (Phi) is 371. The first kappa shape index (κ1) is 25.8. The van der Waals surface area contributed by atoms with E-state index in [-0.39, 0.29) is 48.4 Å². The molecule has 0 aromatic carbocycles. The molecule has 0 unspecified atom stereocenters. The summed E-state index contributed by atoms with van der Waals surface area (Å²) in [5.41, 5.74) is 0. The van der Waals surface area contributed by atoms with Gasteiger partial charge in [0.05, 0.1) is 0 Å². The van der Waals surface area contributed by atoms with Gasteiger partial charge in [0, 0.05) is 0 Å². The maximum Gasteiger partial charge on any atom is 1.00 e. The summed E-state index contributed by atoms with van der Waals surface area (Å²) in [6.07, 6.45) is 0. The molecule has 0 rings (SSSR count). The molecule has 0 heterocycles. The van der Waals surface area contributed by atoms with E-state index in [9.17, 15) is 0 Å². The van der Waals surface area contributed by atoms with Crippen molar-refractivity contribution in [2.24, 2.45) is 0 Å². The minimum Gasteiger partial charge on any atom is -0.857 e. The molecule has 6 heavy (non-hydrogen) atoms. The molecule has 28 valence electrons. The monoisotopic (exact) mass is 92.0 g/mol. The van der Waals surface area contributed by atoms with Crippen LogP contribution >= 0.6 is 0 Å². The zero-order valence-corrected chi connectivity index (χ0v) is 6.82. The van der Waals surface area contributed by atoms with E-state index in [1.807, 2.05) is 0 Å². The predicted octanol–water partition coefficient (Wildman–Crippen LogP) is -8.04. The molecule has 0 bridgehead atoms. The van der Waals surface area contributed by atoms with Crippen molar-refractivity contribution in [3.63, 3.8) is 0 Å². The van der Waals surface area contributed by atoms with Gasteiger partial charge in [-0.05, 0) is 0 Å². The Morgan fingerprint density at radius 2 is 0.833 bits per heavy atom. The molecule has 0 saturated carbocycles. The summed E-state index contributed by atoms with van der Waals surface area (Å²) in [6, 6.07) is 0. The van der Waals surface area contributed by atoms with Crippen LogP contribution in [0.5, 0.6) is 0 Å². The van der Waals surface area contributed by atoms with Gasteiger partial charge >= 0.3 is 48.4 Å². The van der Waals surface area contributed by atoms with Crippen LogP contribution in [0.4, 0.5) is 0 Å². The summed E-state index contributed by atoms with van der Waals surface area (Å²) in [6.45, 7) is 0. The van der Waals surface area contributed by atoms with Crippen molar-refractivity contribution in [1.82, 2.24) is 0 Å². The summed E-state index contributed by atoms with van der Waals surface area (Å²) in [5, 5.41) is 16.5. The molecule has 0 aliphatic rings. The fourth-order valence-electron chi connectivity index (χ4n) is 0. The Morgan fingerprint density at radius 3 is 0.833 bits per heavy atom. The third-order valence-electron chi connectivity index (χ3n) is 0. The molecule has 0 atom stereocenters. The summed E-state index contributed by atoms with van der Waals surface area (Å²) in [7, 11) is 1.50. The Hall–Kier alpha value is 1.52. The molecule has 0 radical (unpaired) electrons. The summed E-state index contributed by atoms with van der Waals surface area (Å²) >= 11 is 0. The predicted molar refractivity (Wildman–Crippen MR) is 11.8 cm³/mol. The normalized spacial score (nSPS) is 2.00. The van der Waals surface area contributed by atoms with Crippen LogP contribution in [-0.4, -0.2) is 14.2 Å². The van der Waals surface area contributed by atoms with E-state index in [1.54, 1.807) is 0 Å². The van der Waals surface area contributed by atoms with Crippen LogP contribution in [0.3, 0.4) is 0 Å². The van der Waals surface area contributed by atoms with Gasteiger partial charge in [-0.2, -0.15) is 14.2 Å². The minimum atomic E-state index is 0. The van der Waals surface area contributed by atoms with E-state index >= 15 is 0 Å². The van der Waals surface area contributed by atoms with E-state index in [4.69, 9.17) is 10.2 Å². The molecule has 0 fully saturated rings. The molecule has 2 nitrogen and oxygen atoms in total. The van der Waals surface area contributed by atoms with Crippen molar-refractivity contribution in [3.8, 4) is 0 Å². The van der Waals surface area contributed by atoms with Crippen LogP contribution < -0.4 is 58.6 Å². The molecular formula is C2H6LiNaO2. The van der Waals surface area contributed by atoms with Crippen molar-refractivity contribution in [1.29, 1.82) is 0 Å². The molecule has 0 aromatic rings. The quantitative estimate of drug-likeness (QED) is 0.278. The fourth-order valence-corrected chi connectivity index (χ4v) is 0. The van der Waals surface area contributed by atoms with Gasteiger partial charge in [-0.1, -0.05) is 0 Å². The molecule has 0 N–H and O–H groups in total. The van der Waals surface area contributed by atoms with Gasteiger partial charge in [-0.3, -0.25) is 0 Å². The second kappa shape index (κ2) is 86.2. The first-order valence-electron chi connectivity index (χ1n) is 0.816. The topological polar surface area (TPSA) is 46.1 Å². The van der Waals surface area contributed by atoms with Crippen molar-refractivity contribution in [3.05, 3.63) is 0 Å². The number of hydrogen-bond donors (Lipinski definition) is 0. The van der Waals surface area contributed by atoms with Crippen molar-refractivity contribution < 1.29 is 58.6 Å². The van der Waals surface area contributed by atoms with Crippen LogP contribution in [0.15, 0.2) is 0 Å². The first-order chi connectivity index (χ1) is 2.00. The molecule has 0 amide bonds. The fraction of sp³-hybridized carbons (Fsp3) is 1.00. The molecule has 0 aliphatic heterocycles. The van der Waals surface area contributed by atoms with E-state index in [0.717, 1.165) is 14.2 Å². The Bertz CT molecular complexity index is 11.5. The van der Waals surface area contributed by atoms with Crippen LogP contribution in [-0.2, 0) is 0 Å². The Balaban J connectivity index is -0.00000000500. The number of rotatable bonds is 0. The van der Waals surface area contributed by atoms with Crippen LogP contribution in [0.25, 0.3) is 0 Å². The minimum absolute atomic E-state index is 0. The molecule has 0 aromatic heterocycles. The summed E-state index contributed by atoms with van der Waals surface area (Å²) in [5.74, 6) is 0. The van der Waals surface area contributed by atoms with E-state index in [1.165, 1.54) is 0 Å². The van der Waals surface area contributed by atoms with Crippen LogP contribution in [0, 0.1) is 0 Å². The van der Waals surface area contributed by atoms with Gasteiger partial charge in [0.1, 0.15) is 0 Å². The largest absolute Gasteiger partial charge is 1.00 e. The third kappa shape index (κ3) is 48.9. The van der Waals surface area contributed by atoms with Gasteiger partial charge in [-0.25, -0.2) is 0 Å². The summed E-state index contributed by atoms with van der Waals surface area (Å²) in [4.78, 5) is 0.